The molecular formula is C12H23NO2. The standard InChI is InChI=1S/C12H23NO2/c14-12-5-1-3-10(12)9-13-7-6-11-4-2-8-15-11/h10-14H,1-9H2. The van der Waals surface area contributed by atoms with Crippen molar-refractivity contribution in [2.24, 2.45) is 5.92 Å². The Hall–Kier alpha value is -0.120. The lowest BCUT2D eigenvalue weighted by molar-refractivity contribution is 0.102. The predicted molar refractivity (Wildman–Crippen MR) is 59.8 cm³/mol. The van der Waals surface area contributed by atoms with Gasteiger partial charge < -0.3 is 15.2 Å². The van der Waals surface area contributed by atoms with Crippen LogP contribution in [0.4, 0.5) is 0 Å². The molecule has 0 aromatic heterocycles. The van der Waals surface area contributed by atoms with Crippen molar-refractivity contribution in [2.45, 2.75) is 50.7 Å². The first-order chi connectivity index (χ1) is 7.36. The lowest BCUT2D eigenvalue weighted by Gasteiger charge is -2.16. The average Bonchev–Trinajstić information content (AvgIpc) is 2.85. The summed E-state index contributed by atoms with van der Waals surface area (Å²) in [5.74, 6) is 0.495. The van der Waals surface area contributed by atoms with Gasteiger partial charge in [0.25, 0.3) is 0 Å². The molecule has 0 amide bonds. The van der Waals surface area contributed by atoms with Gasteiger partial charge in [0.1, 0.15) is 0 Å². The summed E-state index contributed by atoms with van der Waals surface area (Å²) in [4.78, 5) is 0. The number of aliphatic hydroxyl groups excluding tert-OH is 1. The van der Waals surface area contributed by atoms with E-state index in [-0.39, 0.29) is 6.10 Å². The highest BCUT2D eigenvalue weighted by Crippen LogP contribution is 2.24. The van der Waals surface area contributed by atoms with E-state index in [2.05, 4.69) is 5.32 Å². The molecule has 1 aliphatic heterocycles. The number of hydrogen-bond acceptors (Lipinski definition) is 3. The van der Waals surface area contributed by atoms with Crippen LogP contribution < -0.4 is 5.32 Å². The third kappa shape index (κ3) is 3.44. The minimum atomic E-state index is -0.0553. The van der Waals surface area contributed by atoms with Crippen molar-refractivity contribution in [2.75, 3.05) is 19.7 Å². The van der Waals surface area contributed by atoms with Crippen LogP contribution in [-0.2, 0) is 4.74 Å². The fourth-order valence-electron chi connectivity index (χ4n) is 2.68. The summed E-state index contributed by atoms with van der Waals surface area (Å²) < 4.78 is 5.56. The van der Waals surface area contributed by atoms with Gasteiger partial charge in [-0.1, -0.05) is 6.42 Å². The summed E-state index contributed by atoms with van der Waals surface area (Å²) in [7, 11) is 0. The first-order valence-electron chi connectivity index (χ1n) is 6.36. The molecular weight excluding hydrogens is 190 g/mol. The zero-order chi connectivity index (χ0) is 10.5. The average molecular weight is 213 g/mol. The molecule has 2 fully saturated rings. The molecule has 0 bridgehead atoms. The second-order valence-corrected chi connectivity index (χ2v) is 4.89. The summed E-state index contributed by atoms with van der Waals surface area (Å²) in [6, 6.07) is 0. The molecule has 2 aliphatic rings. The SMILES string of the molecule is OC1CCCC1CNCCC1CCCO1. The molecule has 0 aromatic carbocycles. The summed E-state index contributed by atoms with van der Waals surface area (Å²) in [5, 5.41) is 13.1. The van der Waals surface area contributed by atoms with Crippen LogP contribution in [0.25, 0.3) is 0 Å². The van der Waals surface area contributed by atoms with Gasteiger partial charge in [0.15, 0.2) is 0 Å². The Morgan fingerprint density at radius 2 is 2.13 bits per heavy atom. The minimum Gasteiger partial charge on any atom is -0.393 e. The smallest absolute Gasteiger partial charge is 0.0588 e. The van der Waals surface area contributed by atoms with Crippen LogP contribution in [0.5, 0.6) is 0 Å². The zero-order valence-corrected chi connectivity index (χ0v) is 9.45. The van der Waals surface area contributed by atoms with Gasteiger partial charge >= 0.3 is 0 Å². The van der Waals surface area contributed by atoms with Crippen molar-refractivity contribution < 1.29 is 9.84 Å². The van der Waals surface area contributed by atoms with Gasteiger partial charge in [-0.05, 0) is 44.6 Å². The molecule has 0 spiro atoms. The Morgan fingerprint density at radius 1 is 1.20 bits per heavy atom. The molecule has 0 aromatic rings. The van der Waals surface area contributed by atoms with Gasteiger partial charge in [-0.25, -0.2) is 0 Å². The third-order valence-corrected chi connectivity index (χ3v) is 3.69. The second kappa shape index (κ2) is 5.83. The Kier molecular flexibility index (Phi) is 4.42. The lowest BCUT2D eigenvalue weighted by atomic mass is 10.1. The lowest BCUT2D eigenvalue weighted by Crippen LogP contribution is -2.29. The Bertz CT molecular complexity index is 180. The van der Waals surface area contributed by atoms with E-state index in [0.717, 1.165) is 32.5 Å². The summed E-state index contributed by atoms with van der Waals surface area (Å²) in [6.07, 6.45) is 7.40. The van der Waals surface area contributed by atoms with Gasteiger partial charge in [-0.2, -0.15) is 0 Å². The maximum atomic E-state index is 9.64. The zero-order valence-electron chi connectivity index (χ0n) is 9.45. The Labute approximate surface area is 92.2 Å². The van der Waals surface area contributed by atoms with Crippen LogP contribution in [0.15, 0.2) is 0 Å². The normalized spacial score (nSPS) is 36.2. The van der Waals surface area contributed by atoms with Crippen molar-refractivity contribution in [3.63, 3.8) is 0 Å². The van der Waals surface area contributed by atoms with Crippen LogP contribution in [0.1, 0.15) is 38.5 Å². The van der Waals surface area contributed by atoms with Crippen molar-refractivity contribution in [3.05, 3.63) is 0 Å². The molecule has 3 heteroatoms. The van der Waals surface area contributed by atoms with Crippen LogP contribution in [-0.4, -0.2) is 37.0 Å². The molecule has 1 heterocycles. The van der Waals surface area contributed by atoms with Crippen LogP contribution >= 0.6 is 0 Å². The Morgan fingerprint density at radius 3 is 2.80 bits per heavy atom. The van der Waals surface area contributed by atoms with Crippen molar-refractivity contribution in [3.8, 4) is 0 Å². The molecule has 88 valence electrons. The molecule has 3 nitrogen and oxygen atoms in total. The van der Waals surface area contributed by atoms with Gasteiger partial charge in [0.2, 0.25) is 0 Å². The highest BCUT2D eigenvalue weighted by molar-refractivity contribution is 4.78. The first kappa shape index (κ1) is 11.4. The Balaban J connectivity index is 1.51. The highest BCUT2D eigenvalue weighted by Gasteiger charge is 2.24. The van der Waals surface area contributed by atoms with Crippen molar-refractivity contribution in [1.29, 1.82) is 0 Å². The van der Waals surface area contributed by atoms with Crippen LogP contribution in [0.2, 0.25) is 0 Å². The highest BCUT2D eigenvalue weighted by atomic mass is 16.5. The monoisotopic (exact) mass is 213 g/mol. The van der Waals surface area contributed by atoms with Gasteiger partial charge in [0, 0.05) is 13.2 Å². The fourth-order valence-corrected chi connectivity index (χ4v) is 2.68. The minimum absolute atomic E-state index is 0.0553. The molecule has 2 N–H and O–H groups in total. The number of hydrogen-bond donors (Lipinski definition) is 2. The number of rotatable bonds is 5. The van der Waals surface area contributed by atoms with E-state index in [1.165, 1.54) is 25.7 Å². The van der Waals surface area contributed by atoms with E-state index >= 15 is 0 Å². The predicted octanol–water partition coefficient (Wildman–Crippen LogP) is 1.31. The number of aliphatic hydroxyl groups is 1. The summed E-state index contributed by atoms with van der Waals surface area (Å²) >= 11 is 0. The topological polar surface area (TPSA) is 41.5 Å². The van der Waals surface area contributed by atoms with E-state index in [1.54, 1.807) is 0 Å². The van der Waals surface area contributed by atoms with E-state index in [1.807, 2.05) is 0 Å². The van der Waals surface area contributed by atoms with Gasteiger partial charge in [-0.3, -0.25) is 0 Å². The van der Waals surface area contributed by atoms with E-state index in [0.29, 0.717) is 12.0 Å². The molecule has 15 heavy (non-hydrogen) atoms. The van der Waals surface area contributed by atoms with E-state index in [4.69, 9.17) is 4.74 Å². The molecule has 3 unspecified atom stereocenters. The molecule has 2 rings (SSSR count). The molecule has 1 saturated carbocycles. The largest absolute Gasteiger partial charge is 0.393 e. The van der Waals surface area contributed by atoms with Crippen LogP contribution in [0.3, 0.4) is 0 Å². The molecule has 3 atom stereocenters. The van der Waals surface area contributed by atoms with Crippen LogP contribution in [0, 0.1) is 5.92 Å². The number of nitrogens with one attached hydrogen (secondary N) is 1. The maximum absolute atomic E-state index is 9.64. The van der Waals surface area contributed by atoms with E-state index < -0.39 is 0 Å². The van der Waals surface area contributed by atoms with E-state index in [9.17, 15) is 5.11 Å². The van der Waals surface area contributed by atoms with Gasteiger partial charge in [-0.15, -0.1) is 0 Å². The summed E-state index contributed by atoms with van der Waals surface area (Å²) in [6.45, 7) is 2.97. The van der Waals surface area contributed by atoms with Crippen molar-refractivity contribution in [1.82, 2.24) is 5.32 Å². The van der Waals surface area contributed by atoms with Gasteiger partial charge in [0.05, 0.1) is 12.2 Å². The quantitative estimate of drug-likeness (QED) is 0.677. The maximum Gasteiger partial charge on any atom is 0.0588 e. The van der Waals surface area contributed by atoms with Crippen molar-refractivity contribution >= 4 is 0 Å². The summed E-state index contributed by atoms with van der Waals surface area (Å²) in [5.41, 5.74) is 0. The second-order valence-electron chi connectivity index (χ2n) is 4.89. The molecule has 0 radical (unpaired) electrons. The molecule has 1 aliphatic carbocycles. The third-order valence-electron chi connectivity index (χ3n) is 3.69. The number of ether oxygens (including phenoxy) is 1. The fraction of sp³-hybridized carbons (Fsp3) is 1.00. The molecule has 1 saturated heterocycles. The first-order valence-corrected chi connectivity index (χ1v) is 6.36.